The number of amides is 3. The molecule has 0 bridgehead atoms. The third-order valence-corrected chi connectivity index (χ3v) is 6.98. The van der Waals surface area contributed by atoms with Gasteiger partial charge in [-0.3, -0.25) is 14.4 Å². The third-order valence-electron chi connectivity index (χ3n) is 6.74. The molecule has 1 saturated carbocycles. The van der Waals surface area contributed by atoms with Gasteiger partial charge in [-0.1, -0.05) is 83.0 Å². The predicted octanol–water partition coefficient (Wildman–Crippen LogP) is 5.13. The monoisotopic (exact) mass is 505 g/mol. The van der Waals surface area contributed by atoms with Crippen molar-refractivity contribution in [2.75, 3.05) is 13.6 Å². The van der Waals surface area contributed by atoms with Crippen molar-refractivity contribution in [1.82, 2.24) is 15.5 Å². The predicted molar refractivity (Wildman–Crippen MR) is 142 cm³/mol. The number of likely N-dealkylation sites (N-methyl/N-ethyl adjacent to an activating group) is 1. The molecule has 7 heteroatoms. The Hall–Kier alpha value is -2.08. The zero-order chi connectivity index (χ0) is 25.8. The molecule has 1 fully saturated rings. The lowest BCUT2D eigenvalue weighted by Crippen LogP contribution is -2.55. The number of hydrogen-bond donors (Lipinski definition) is 2. The molecule has 6 nitrogen and oxygen atoms in total. The molecule has 1 aromatic carbocycles. The molecule has 1 aromatic rings. The first-order chi connectivity index (χ1) is 16.7. The second-order valence-electron chi connectivity index (χ2n) is 10.5. The molecule has 2 atom stereocenters. The zero-order valence-electron chi connectivity index (χ0n) is 21.9. The molecule has 35 heavy (non-hydrogen) atoms. The van der Waals surface area contributed by atoms with E-state index in [0.717, 1.165) is 31.2 Å². The first kappa shape index (κ1) is 29.2. The Balaban J connectivity index is 2.10. The maximum absolute atomic E-state index is 13.4. The van der Waals surface area contributed by atoms with Crippen LogP contribution in [0, 0.1) is 11.8 Å². The van der Waals surface area contributed by atoms with Crippen molar-refractivity contribution >= 4 is 29.3 Å². The van der Waals surface area contributed by atoms with E-state index in [0.29, 0.717) is 30.3 Å². The van der Waals surface area contributed by atoms with E-state index in [-0.39, 0.29) is 30.1 Å². The minimum atomic E-state index is -0.690. The number of nitrogens with one attached hydrogen (secondary N) is 2. The number of carbonyl (C=O) groups excluding carboxylic acids is 3. The van der Waals surface area contributed by atoms with E-state index in [2.05, 4.69) is 17.6 Å². The van der Waals surface area contributed by atoms with Gasteiger partial charge in [-0.25, -0.2) is 0 Å². The molecule has 196 valence electrons. The lowest BCUT2D eigenvalue weighted by molar-refractivity contribution is -0.137. The van der Waals surface area contributed by atoms with Gasteiger partial charge in [-0.2, -0.15) is 0 Å². The molecule has 0 radical (unpaired) electrons. The molecule has 0 spiro atoms. The minimum Gasteiger partial charge on any atom is -0.344 e. The maximum Gasteiger partial charge on any atom is 0.244 e. The third kappa shape index (κ3) is 10.6. The van der Waals surface area contributed by atoms with E-state index in [9.17, 15) is 14.4 Å². The van der Waals surface area contributed by atoms with E-state index >= 15 is 0 Å². The van der Waals surface area contributed by atoms with Crippen LogP contribution >= 0.6 is 11.6 Å². The number of benzene rings is 1. The Morgan fingerprint density at radius 2 is 1.80 bits per heavy atom. The largest absolute Gasteiger partial charge is 0.344 e. The summed E-state index contributed by atoms with van der Waals surface area (Å²) in [7, 11) is 1.82. The Bertz CT molecular complexity index is 823. The fourth-order valence-corrected chi connectivity index (χ4v) is 5.01. The number of halogens is 1. The van der Waals surface area contributed by atoms with Gasteiger partial charge in [-0.05, 0) is 48.8 Å². The SMILES string of the molecule is CCCCN(C)C(=O)[C@H](CC1CCCCC1)NC(=O)[C@H](CC(C)C)NC(=O)Cc1cccc(Cl)c1. The van der Waals surface area contributed by atoms with Crippen molar-refractivity contribution in [3.05, 3.63) is 34.9 Å². The topological polar surface area (TPSA) is 78.5 Å². The van der Waals surface area contributed by atoms with E-state index in [1.807, 2.05) is 27.0 Å². The minimum absolute atomic E-state index is 0.0362. The Kier molecular flexibility index (Phi) is 12.6. The van der Waals surface area contributed by atoms with Gasteiger partial charge in [0.25, 0.3) is 0 Å². The summed E-state index contributed by atoms with van der Waals surface area (Å²) in [6, 6.07) is 5.91. The van der Waals surface area contributed by atoms with Crippen molar-refractivity contribution in [1.29, 1.82) is 0 Å². The van der Waals surface area contributed by atoms with Gasteiger partial charge in [0, 0.05) is 18.6 Å². The summed E-state index contributed by atoms with van der Waals surface area (Å²) in [6.07, 6.45) is 9.05. The molecule has 0 saturated heterocycles. The summed E-state index contributed by atoms with van der Waals surface area (Å²) < 4.78 is 0. The van der Waals surface area contributed by atoms with Crippen LogP contribution in [0.15, 0.2) is 24.3 Å². The van der Waals surface area contributed by atoms with E-state index < -0.39 is 12.1 Å². The van der Waals surface area contributed by atoms with Gasteiger partial charge in [0.05, 0.1) is 6.42 Å². The molecule has 0 heterocycles. The fourth-order valence-electron chi connectivity index (χ4n) is 4.80. The average Bonchev–Trinajstić information content (AvgIpc) is 2.81. The number of rotatable bonds is 13. The molecule has 3 amide bonds. The summed E-state index contributed by atoms with van der Waals surface area (Å²) in [5, 5.41) is 6.52. The van der Waals surface area contributed by atoms with Crippen LogP contribution in [0.2, 0.25) is 5.02 Å². The van der Waals surface area contributed by atoms with Crippen molar-refractivity contribution < 1.29 is 14.4 Å². The van der Waals surface area contributed by atoms with Gasteiger partial charge in [0.15, 0.2) is 0 Å². The molecule has 1 aliphatic carbocycles. The highest BCUT2D eigenvalue weighted by molar-refractivity contribution is 6.30. The molecule has 0 unspecified atom stereocenters. The number of carbonyl (C=O) groups is 3. The second-order valence-corrected chi connectivity index (χ2v) is 10.9. The summed E-state index contributed by atoms with van der Waals surface area (Å²) in [5.74, 6) is 0.0981. The Labute approximate surface area is 216 Å². The van der Waals surface area contributed by atoms with Crippen LogP contribution in [0.4, 0.5) is 0 Å². The summed E-state index contributed by atoms with van der Waals surface area (Å²) in [4.78, 5) is 41.2. The number of hydrogen-bond acceptors (Lipinski definition) is 3. The Morgan fingerprint density at radius 1 is 1.09 bits per heavy atom. The normalized spacial score (nSPS) is 15.9. The lowest BCUT2D eigenvalue weighted by atomic mass is 9.84. The first-order valence-electron chi connectivity index (χ1n) is 13.3. The van der Waals surface area contributed by atoms with Gasteiger partial charge in [0.2, 0.25) is 17.7 Å². The highest BCUT2D eigenvalue weighted by atomic mass is 35.5. The van der Waals surface area contributed by atoms with Crippen molar-refractivity contribution in [3.63, 3.8) is 0 Å². The molecular weight excluding hydrogens is 462 g/mol. The van der Waals surface area contributed by atoms with Gasteiger partial charge >= 0.3 is 0 Å². The molecule has 1 aliphatic rings. The van der Waals surface area contributed by atoms with E-state index in [1.165, 1.54) is 19.3 Å². The molecular formula is C28H44ClN3O3. The van der Waals surface area contributed by atoms with Crippen LogP contribution in [0.25, 0.3) is 0 Å². The maximum atomic E-state index is 13.4. The van der Waals surface area contributed by atoms with Crippen molar-refractivity contribution in [2.24, 2.45) is 11.8 Å². The smallest absolute Gasteiger partial charge is 0.244 e. The highest BCUT2D eigenvalue weighted by Crippen LogP contribution is 2.28. The van der Waals surface area contributed by atoms with E-state index in [4.69, 9.17) is 11.6 Å². The molecule has 0 aliphatic heterocycles. The van der Waals surface area contributed by atoms with Crippen LogP contribution in [-0.4, -0.2) is 48.3 Å². The molecule has 2 N–H and O–H groups in total. The van der Waals surface area contributed by atoms with Crippen LogP contribution in [-0.2, 0) is 20.8 Å². The quantitative estimate of drug-likeness (QED) is 0.390. The lowest BCUT2D eigenvalue weighted by Gasteiger charge is -2.31. The van der Waals surface area contributed by atoms with Gasteiger partial charge in [-0.15, -0.1) is 0 Å². The zero-order valence-corrected chi connectivity index (χ0v) is 22.7. The van der Waals surface area contributed by atoms with Crippen molar-refractivity contribution in [3.8, 4) is 0 Å². The van der Waals surface area contributed by atoms with Gasteiger partial charge in [0.1, 0.15) is 12.1 Å². The number of nitrogens with zero attached hydrogens (tertiary/aromatic N) is 1. The average molecular weight is 506 g/mol. The summed E-state index contributed by atoms with van der Waals surface area (Å²) in [6.45, 7) is 6.82. The fraction of sp³-hybridized carbons (Fsp3) is 0.679. The highest BCUT2D eigenvalue weighted by Gasteiger charge is 2.31. The summed E-state index contributed by atoms with van der Waals surface area (Å²) in [5.41, 5.74) is 0.793. The first-order valence-corrected chi connectivity index (χ1v) is 13.7. The van der Waals surface area contributed by atoms with Crippen LogP contribution in [0.3, 0.4) is 0 Å². The summed E-state index contributed by atoms with van der Waals surface area (Å²) >= 11 is 6.05. The van der Waals surface area contributed by atoms with E-state index in [1.54, 1.807) is 23.1 Å². The van der Waals surface area contributed by atoms with Crippen molar-refractivity contribution in [2.45, 2.75) is 97.1 Å². The molecule has 0 aromatic heterocycles. The Morgan fingerprint density at radius 3 is 2.43 bits per heavy atom. The second kappa shape index (κ2) is 15.1. The van der Waals surface area contributed by atoms with Crippen LogP contribution < -0.4 is 10.6 Å². The van der Waals surface area contributed by atoms with Crippen LogP contribution in [0.1, 0.15) is 84.1 Å². The van der Waals surface area contributed by atoms with Crippen LogP contribution in [0.5, 0.6) is 0 Å². The number of unbranched alkanes of at least 4 members (excludes halogenated alkanes) is 1. The van der Waals surface area contributed by atoms with Gasteiger partial charge < -0.3 is 15.5 Å². The standard InChI is InChI=1S/C28H44ClN3O3/c1-5-6-15-32(4)28(35)25(18-21-11-8-7-9-12-21)31-27(34)24(16-20(2)3)30-26(33)19-22-13-10-14-23(29)17-22/h10,13-14,17,20-21,24-25H,5-9,11-12,15-16,18-19H2,1-4H3,(H,30,33)(H,31,34)/t24-,25-/m0/s1. The molecule has 2 rings (SSSR count).